The molecule has 16 heavy (non-hydrogen) atoms. The monoisotopic (exact) mass is 218 g/mol. The molecule has 1 aromatic rings. The number of benzene rings is 1. The van der Waals surface area contributed by atoms with Crippen LogP contribution in [-0.2, 0) is 4.79 Å². The third kappa shape index (κ3) is 2.63. The lowest BCUT2D eigenvalue weighted by Gasteiger charge is -2.26. The van der Waals surface area contributed by atoms with Crippen molar-refractivity contribution >= 4 is 5.97 Å². The molecule has 86 valence electrons. The summed E-state index contributed by atoms with van der Waals surface area (Å²) in [6.07, 6.45) is 4.52. The summed E-state index contributed by atoms with van der Waals surface area (Å²) in [7, 11) is 0. The number of ether oxygens (including phenoxy) is 1. The number of hydrogen-bond donors (Lipinski definition) is 0. The summed E-state index contributed by atoms with van der Waals surface area (Å²) in [5, 5.41) is 0. The van der Waals surface area contributed by atoms with Crippen LogP contribution in [-0.4, -0.2) is 5.97 Å². The smallest absolute Gasteiger partial charge is 0.314 e. The first-order valence-electron chi connectivity index (χ1n) is 6.04. The Morgan fingerprint density at radius 2 is 1.88 bits per heavy atom. The van der Waals surface area contributed by atoms with Gasteiger partial charge in [-0.15, -0.1) is 0 Å². The van der Waals surface area contributed by atoms with Crippen LogP contribution in [0.3, 0.4) is 0 Å². The van der Waals surface area contributed by atoms with Gasteiger partial charge in [0.15, 0.2) is 0 Å². The first-order chi connectivity index (χ1) is 7.77. The van der Waals surface area contributed by atoms with Gasteiger partial charge in [-0.3, -0.25) is 4.79 Å². The molecular formula is C14H18O2. The van der Waals surface area contributed by atoms with E-state index in [1.54, 1.807) is 0 Å². The summed E-state index contributed by atoms with van der Waals surface area (Å²) >= 11 is 0. The van der Waals surface area contributed by atoms with Gasteiger partial charge in [-0.2, -0.15) is 0 Å². The van der Waals surface area contributed by atoms with E-state index in [2.05, 4.69) is 6.92 Å². The molecule has 1 aliphatic carbocycles. The lowest BCUT2D eigenvalue weighted by Crippen LogP contribution is -2.28. The van der Waals surface area contributed by atoms with Crippen LogP contribution in [0.5, 0.6) is 5.75 Å². The Labute approximate surface area is 96.6 Å². The quantitative estimate of drug-likeness (QED) is 0.561. The van der Waals surface area contributed by atoms with Crippen molar-refractivity contribution in [2.24, 2.45) is 11.8 Å². The second-order valence-electron chi connectivity index (χ2n) is 4.60. The summed E-state index contributed by atoms with van der Waals surface area (Å²) in [4.78, 5) is 12.0. The van der Waals surface area contributed by atoms with E-state index in [1.165, 1.54) is 6.42 Å². The molecule has 0 aliphatic heterocycles. The van der Waals surface area contributed by atoms with E-state index >= 15 is 0 Å². The molecule has 0 spiro atoms. The molecule has 2 heteroatoms. The van der Waals surface area contributed by atoms with Gasteiger partial charge in [0, 0.05) is 0 Å². The van der Waals surface area contributed by atoms with Gasteiger partial charge < -0.3 is 4.74 Å². The van der Waals surface area contributed by atoms with Crippen molar-refractivity contribution in [3.05, 3.63) is 30.3 Å². The highest BCUT2D eigenvalue weighted by Crippen LogP contribution is 2.30. The molecule has 2 nitrogen and oxygen atoms in total. The fourth-order valence-electron chi connectivity index (χ4n) is 2.35. The third-order valence-corrected chi connectivity index (χ3v) is 3.38. The summed E-state index contributed by atoms with van der Waals surface area (Å²) in [5.41, 5.74) is 0. The third-order valence-electron chi connectivity index (χ3n) is 3.38. The molecular weight excluding hydrogens is 200 g/mol. The van der Waals surface area contributed by atoms with E-state index in [-0.39, 0.29) is 11.9 Å². The van der Waals surface area contributed by atoms with Crippen LogP contribution in [0.2, 0.25) is 0 Å². The van der Waals surface area contributed by atoms with Gasteiger partial charge in [0.25, 0.3) is 0 Å². The van der Waals surface area contributed by atoms with Gasteiger partial charge in [-0.1, -0.05) is 38.0 Å². The zero-order valence-electron chi connectivity index (χ0n) is 9.69. The molecule has 1 aliphatic rings. The van der Waals surface area contributed by atoms with Crippen LogP contribution in [0.25, 0.3) is 0 Å². The standard InChI is InChI=1S/C14H18O2/c1-11-7-5-6-10-13(11)14(15)16-12-8-3-2-4-9-12/h2-4,8-9,11,13H,5-7,10H2,1H3. The average Bonchev–Trinajstić information content (AvgIpc) is 2.31. The Morgan fingerprint density at radius 1 is 1.19 bits per heavy atom. The first kappa shape index (κ1) is 11.2. The Morgan fingerprint density at radius 3 is 2.56 bits per heavy atom. The zero-order chi connectivity index (χ0) is 11.4. The Kier molecular flexibility index (Phi) is 3.60. The zero-order valence-corrected chi connectivity index (χ0v) is 9.69. The number of carbonyl (C=O) groups is 1. The molecule has 1 saturated carbocycles. The molecule has 2 atom stereocenters. The topological polar surface area (TPSA) is 26.3 Å². The second-order valence-corrected chi connectivity index (χ2v) is 4.60. The van der Waals surface area contributed by atoms with Crippen molar-refractivity contribution < 1.29 is 9.53 Å². The van der Waals surface area contributed by atoms with Crippen LogP contribution in [0.15, 0.2) is 30.3 Å². The van der Waals surface area contributed by atoms with Crippen LogP contribution >= 0.6 is 0 Å². The molecule has 0 heterocycles. The molecule has 1 fully saturated rings. The lowest BCUT2D eigenvalue weighted by atomic mass is 9.80. The minimum Gasteiger partial charge on any atom is -0.426 e. The predicted octanol–water partition coefficient (Wildman–Crippen LogP) is 3.42. The van der Waals surface area contributed by atoms with Crippen molar-refractivity contribution in [1.82, 2.24) is 0 Å². The van der Waals surface area contributed by atoms with Crippen LogP contribution in [0.1, 0.15) is 32.6 Å². The fraction of sp³-hybridized carbons (Fsp3) is 0.500. The number of hydrogen-bond acceptors (Lipinski definition) is 2. The van der Waals surface area contributed by atoms with E-state index in [0.29, 0.717) is 11.7 Å². The normalized spacial score (nSPS) is 25.1. The van der Waals surface area contributed by atoms with Crippen LogP contribution in [0, 0.1) is 11.8 Å². The average molecular weight is 218 g/mol. The van der Waals surface area contributed by atoms with Crippen molar-refractivity contribution in [3.8, 4) is 5.75 Å². The first-order valence-corrected chi connectivity index (χ1v) is 6.04. The van der Waals surface area contributed by atoms with E-state index < -0.39 is 0 Å². The van der Waals surface area contributed by atoms with Crippen molar-refractivity contribution in [2.75, 3.05) is 0 Å². The highest BCUT2D eigenvalue weighted by Gasteiger charge is 2.29. The molecule has 0 aromatic heterocycles. The fourth-order valence-corrected chi connectivity index (χ4v) is 2.35. The number of para-hydroxylation sites is 1. The van der Waals surface area contributed by atoms with Gasteiger partial charge >= 0.3 is 5.97 Å². The van der Waals surface area contributed by atoms with Gasteiger partial charge in [0.2, 0.25) is 0 Å². The highest BCUT2D eigenvalue weighted by atomic mass is 16.5. The maximum Gasteiger partial charge on any atom is 0.314 e. The van der Waals surface area contributed by atoms with Gasteiger partial charge in [0.1, 0.15) is 5.75 Å². The maximum absolute atomic E-state index is 12.0. The molecule has 0 bridgehead atoms. The highest BCUT2D eigenvalue weighted by molar-refractivity contribution is 5.75. The van der Waals surface area contributed by atoms with E-state index in [4.69, 9.17) is 4.74 Å². The summed E-state index contributed by atoms with van der Waals surface area (Å²) in [6.45, 7) is 2.15. The molecule has 0 radical (unpaired) electrons. The molecule has 0 amide bonds. The summed E-state index contributed by atoms with van der Waals surface area (Å²) < 4.78 is 5.39. The SMILES string of the molecule is CC1CCCCC1C(=O)Oc1ccccc1. The van der Waals surface area contributed by atoms with Gasteiger partial charge in [-0.05, 0) is 30.9 Å². The number of carbonyl (C=O) groups excluding carboxylic acids is 1. The number of esters is 1. The van der Waals surface area contributed by atoms with Gasteiger partial charge in [-0.25, -0.2) is 0 Å². The Bertz CT molecular complexity index is 345. The summed E-state index contributed by atoms with van der Waals surface area (Å²) in [6, 6.07) is 9.33. The maximum atomic E-state index is 12.0. The lowest BCUT2D eigenvalue weighted by molar-refractivity contribution is -0.141. The van der Waals surface area contributed by atoms with Gasteiger partial charge in [0.05, 0.1) is 5.92 Å². The molecule has 2 rings (SSSR count). The molecule has 0 N–H and O–H groups in total. The molecule has 0 saturated heterocycles. The molecule has 1 aromatic carbocycles. The van der Waals surface area contributed by atoms with E-state index in [0.717, 1.165) is 19.3 Å². The Hall–Kier alpha value is -1.31. The van der Waals surface area contributed by atoms with E-state index in [9.17, 15) is 4.79 Å². The summed E-state index contributed by atoms with van der Waals surface area (Å²) in [5.74, 6) is 1.16. The largest absolute Gasteiger partial charge is 0.426 e. The Balaban J connectivity index is 1.97. The number of rotatable bonds is 2. The second kappa shape index (κ2) is 5.15. The van der Waals surface area contributed by atoms with Crippen molar-refractivity contribution in [1.29, 1.82) is 0 Å². The van der Waals surface area contributed by atoms with E-state index in [1.807, 2.05) is 30.3 Å². The minimum atomic E-state index is -0.0570. The predicted molar refractivity (Wildman–Crippen MR) is 63.2 cm³/mol. The minimum absolute atomic E-state index is 0.0570. The van der Waals surface area contributed by atoms with Crippen molar-refractivity contribution in [3.63, 3.8) is 0 Å². The van der Waals surface area contributed by atoms with Crippen molar-refractivity contribution in [2.45, 2.75) is 32.6 Å². The van der Waals surface area contributed by atoms with Crippen LogP contribution < -0.4 is 4.74 Å². The van der Waals surface area contributed by atoms with Crippen LogP contribution in [0.4, 0.5) is 0 Å². The molecule has 2 unspecified atom stereocenters.